The predicted molar refractivity (Wildman–Crippen MR) is 60.1 cm³/mol. The summed E-state index contributed by atoms with van der Waals surface area (Å²) >= 11 is 4.34. The second-order valence-corrected chi connectivity index (χ2v) is 6.41. The van der Waals surface area contributed by atoms with Gasteiger partial charge in [-0.05, 0) is 24.5 Å². The summed E-state index contributed by atoms with van der Waals surface area (Å²) in [4.78, 5) is 0. The molecule has 0 aromatic carbocycles. The van der Waals surface area contributed by atoms with Crippen LogP contribution in [0.15, 0.2) is 0 Å². The van der Waals surface area contributed by atoms with Crippen LogP contribution in [0.3, 0.4) is 0 Å². The summed E-state index contributed by atoms with van der Waals surface area (Å²) in [5, 5.41) is 1.04. The van der Waals surface area contributed by atoms with E-state index in [1.165, 1.54) is 49.4 Å². The van der Waals surface area contributed by atoms with E-state index >= 15 is 0 Å². The molecule has 0 aromatic heterocycles. The molecular weight excluding hydrogens is 184 g/mol. The van der Waals surface area contributed by atoms with Crippen LogP contribution in [0.1, 0.15) is 32.1 Å². The smallest absolute Gasteiger partial charge is 0.0229 e. The molecule has 1 saturated carbocycles. The van der Waals surface area contributed by atoms with Crippen LogP contribution in [0.5, 0.6) is 0 Å². The monoisotopic (exact) mass is 202 g/mol. The van der Waals surface area contributed by atoms with Gasteiger partial charge in [-0.2, -0.15) is 23.5 Å². The maximum absolute atomic E-state index is 2.21. The van der Waals surface area contributed by atoms with Crippen molar-refractivity contribution >= 4 is 23.5 Å². The average Bonchev–Trinajstić information content (AvgIpc) is 2.90. The first-order valence-electron chi connectivity index (χ1n) is 5.14. The van der Waals surface area contributed by atoms with Gasteiger partial charge in [0, 0.05) is 16.8 Å². The molecule has 0 N–H and O–H groups in total. The van der Waals surface area contributed by atoms with Gasteiger partial charge in [-0.25, -0.2) is 0 Å². The average molecular weight is 202 g/mol. The normalized spacial score (nSPS) is 30.5. The third-order valence-electron chi connectivity index (χ3n) is 2.78. The molecule has 0 nitrogen and oxygen atoms in total. The SMILES string of the molecule is C1CCC(CSCC2CS2)CC1. The van der Waals surface area contributed by atoms with Gasteiger partial charge in [0.15, 0.2) is 0 Å². The van der Waals surface area contributed by atoms with E-state index in [1.54, 1.807) is 0 Å². The summed E-state index contributed by atoms with van der Waals surface area (Å²) in [5.41, 5.74) is 0. The van der Waals surface area contributed by atoms with Gasteiger partial charge in [0.25, 0.3) is 0 Å². The Bertz CT molecular complexity index is 126. The Morgan fingerprint density at radius 2 is 1.83 bits per heavy atom. The second-order valence-electron chi connectivity index (χ2n) is 4.00. The molecule has 0 radical (unpaired) electrons. The molecule has 2 aliphatic rings. The lowest BCUT2D eigenvalue weighted by Gasteiger charge is -2.20. The first-order valence-corrected chi connectivity index (χ1v) is 7.35. The van der Waals surface area contributed by atoms with Gasteiger partial charge in [0.1, 0.15) is 0 Å². The number of thioether (sulfide) groups is 2. The molecule has 1 aliphatic heterocycles. The highest BCUT2D eigenvalue weighted by Crippen LogP contribution is 2.34. The Labute approximate surface area is 84.3 Å². The highest BCUT2D eigenvalue weighted by molar-refractivity contribution is 8.08. The first kappa shape index (κ1) is 9.26. The van der Waals surface area contributed by atoms with Gasteiger partial charge in [0.05, 0.1) is 0 Å². The predicted octanol–water partition coefficient (Wildman–Crippen LogP) is 3.42. The molecule has 2 fully saturated rings. The molecule has 0 spiro atoms. The van der Waals surface area contributed by atoms with Gasteiger partial charge in [0.2, 0.25) is 0 Å². The van der Waals surface area contributed by atoms with Gasteiger partial charge >= 0.3 is 0 Å². The molecule has 1 atom stereocenters. The van der Waals surface area contributed by atoms with Crippen molar-refractivity contribution in [2.45, 2.75) is 37.4 Å². The molecule has 1 saturated heterocycles. The molecule has 2 heteroatoms. The highest BCUT2D eigenvalue weighted by Gasteiger charge is 2.22. The Morgan fingerprint density at radius 3 is 2.50 bits per heavy atom. The lowest BCUT2D eigenvalue weighted by Crippen LogP contribution is -2.09. The Hall–Kier alpha value is 0.700. The van der Waals surface area contributed by atoms with E-state index in [9.17, 15) is 0 Å². The third kappa shape index (κ3) is 3.21. The maximum Gasteiger partial charge on any atom is 0.0229 e. The summed E-state index contributed by atoms with van der Waals surface area (Å²) < 4.78 is 0. The zero-order valence-electron chi connectivity index (χ0n) is 7.63. The van der Waals surface area contributed by atoms with Crippen LogP contribution in [0.4, 0.5) is 0 Å². The van der Waals surface area contributed by atoms with Gasteiger partial charge in [-0.3, -0.25) is 0 Å². The van der Waals surface area contributed by atoms with E-state index in [0.29, 0.717) is 0 Å². The number of rotatable bonds is 4. The minimum absolute atomic E-state index is 1.04. The van der Waals surface area contributed by atoms with Crippen molar-refractivity contribution in [2.75, 3.05) is 17.3 Å². The van der Waals surface area contributed by atoms with Crippen LogP contribution in [-0.2, 0) is 0 Å². The van der Waals surface area contributed by atoms with Crippen LogP contribution in [0.25, 0.3) is 0 Å². The summed E-state index contributed by atoms with van der Waals surface area (Å²) in [5.74, 6) is 5.41. The molecule has 70 valence electrons. The fourth-order valence-electron chi connectivity index (χ4n) is 1.88. The number of hydrogen-bond donors (Lipinski definition) is 0. The number of hydrogen-bond acceptors (Lipinski definition) is 2. The quantitative estimate of drug-likeness (QED) is 0.641. The minimum atomic E-state index is 1.04. The summed E-state index contributed by atoms with van der Waals surface area (Å²) in [6.45, 7) is 0. The molecule has 0 aromatic rings. The van der Waals surface area contributed by atoms with Crippen molar-refractivity contribution in [1.82, 2.24) is 0 Å². The van der Waals surface area contributed by atoms with Gasteiger partial charge in [-0.1, -0.05) is 19.3 Å². The fraction of sp³-hybridized carbons (Fsp3) is 1.00. The summed E-state index contributed by atoms with van der Waals surface area (Å²) in [7, 11) is 0. The third-order valence-corrected chi connectivity index (χ3v) is 5.31. The van der Waals surface area contributed by atoms with E-state index in [1.807, 2.05) is 0 Å². The molecule has 12 heavy (non-hydrogen) atoms. The van der Waals surface area contributed by atoms with Crippen molar-refractivity contribution in [2.24, 2.45) is 5.92 Å². The highest BCUT2D eigenvalue weighted by atomic mass is 32.2. The summed E-state index contributed by atoms with van der Waals surface area (Å²) in [6.07, 6.45) is 7.54. The molecular formula is C10H18S2. The Kier molecular flexibility index (Phi) is 3.71. The largest absolute Gasteiger partial charge is 0.161 e. The molecule has 1 aliphatic carbocycles. The van der Waals surface area contributed by atoms with Crippen molar-refractivity contribution in [3.8, 4) is 0 Å². The molecule has 0 amide bonds. The van der Waals surface area contributed by atoms with E-state index in [0.717, 1.165) is 11.2 Å². The zero-order chi connectivity index (χ0) is 8.23. The zero-order valence-corrected chi connectivity index (χ0v) is 9.26. The van der Waals surface area contributed by atoms with Crippen LogP contribution in [-0.4, -0.2) is 22.5 Å². The Balaban J connectivity index is 1.52. The van der Waals surface area contributed by atoms with Crippen molar-refractivity contribution in [3.63, 3.8) is 0 Å². The fourth-order valence-corrected chi connectivity index (χ4v) is 4.14. The van der Waals surface area contributed by atoms with Crippen LogP contribution < -0.4 is 0 Å². The minimum Gasteiger partial charge on any atom is -0.161 e. The van der Waals surface area contributed by atoms with E-state index in [-0.39, 0.29) is 0 Å². The molecule has 1 heterocycles. The Morgan fingerprint density at radius 1 is 1.08 bits per heavy atom. The van der Waals surface area contributed by atoms with Crippen LogP contribution in [0, 0.1) is 5.92 Å². The maximum atomic E-state index is 2.21. The standard InChI is InChI=1S/C10H18S2/c1-2-4-9(5-3-1)6-11-7-10-8-12-10/h9-10H,1-8H2. The van der Waals surface area contributed by atoms with Crippen LogP contribution >= 0.6 is 23.5 Å². The van der Waals surface area contributed by atoms with E-state index in [2.05, 4.69) is 23.5 Å². The first-order chi connectivity index (χ1) is 5.95. The van der Waals surface area contributed by atoms with E-state index < -0.39 is 0 Å². The van der Waals surface area contributed by atoms with Crippen LogP contribution in [0.2, 0.25) is 0 Å². The lowest BCUT2D eigenvalue weighted by molar-refractivity contribution is 0.391. The van der Waals surface area contributed by atoms with Crippen molar-refractivity contribution in [3.05, 3.63) is 0 Å². The van der Waals surface area contributed by atoms with Crippen molar-refractivity contribution in [1.29, 1.82) is 0 Å². The topological polar surface area (TPSA) is 0 Å². The van der Waals surface area contributed by atoms with E-state index in [4.69, 9.17) is 0 Å². The molecule has 2 rings (SSSR count). The second kappa shape index (κ2) is 4.80. The lowest BCUT2D eigenvalue weighted by atomic mass is 9.91. The summed E-state index contributed by atoms with van der Waals surface area (Å²) in [6, 6.07) is 0. The van der Waals surface area contributed by atoms with Gasteiger partial charge < -0.3 is 0 Å². The molecule has 1 unspecified atom stereocenters. The van der Waals surface area contributed by atoms with Gasteiger partial charge in [-0.15, -0.1) is 0 Å². The molecule has 0 bridgehead atoms. The van der Waals surface area contributed by atoms with Crippen molar-refractivity contribution < 1.29 is 0 Å².